The molecule has 2 fully saturated rings. The summed E-state index contributed by atoms with van der Waals surface area (Å²) < 4.78 is 4.85. The van der Waals surface area contributed by atoms with E-state index in [1.165, 1.54) is 26.5 Å². The number of methoxy groups -OCH3 is 1. The molecule has 0 aromatic rings. The van der Waals surface area contributed by atoms with Crippen LogP contribution in [0, 0.1) is 5.92 Å². The van der Waals surface area contributed by atoms with Crippen LogP contribution >= 0.6 is 0 Å². The molecule has 5 nitrogen and oxygen atoms in total. The first-order chi connectivity index (χ1) is 9.44. The van der Waals surface area contributed by atoms with Crippen molar-refractivity contribution in [2.24, 2.45) is 11.7 Å². The van der Waals surface area contributed by atoms with Crippen molar-refractivity contribution in [1.82, 2.24) is 9.80 Å². The lowest BCUT2D eigenvalue weighted by atomic mass is 9.94. The van der Waals surface area contributed by atoms with Crippen LogP contribution in [0.25, 0.3) is 0 Å². The Balaban J connectivity index is 1.82. The second-order valence-corrected chi connectivity index (χ2v) is 6.79. The number of nitrogens with two attached hydrogens (primary N) is 1. The fourth-order valence-corrected chi connectivity index (χ4v) is 3.77. The van der Waals surface area contributed by atoms with Gasteiger partial charge in [0.15, 0.2) is 0 Å². The highest BCUT2D eigenvalue weighted by Crippen LogP contribution is 2.34. The average Bonchev–Trinajstić information content (AvgIpc) is 2.82. The molecule has 116 valence electrons. The van der Waals surface area contributed by atoms with Crippen molar-refractivity contribution in [3.8, 4) is 0 Å². The normalized spacial score (nSPS) is 32.8. The lowest BCUT2D eigenvalue weighted by Crippen LogP contribution is -2.49. The highest BCUT2D eigenvalue weighted by atomic mass is 16.5. The van der Waals surface area contributed by atoms with E-state index in [0.717, 1.165) is 38.3 Å². The summed E-state index contributed by atoms with van der Waals surface area (Å²) >= 11 is 0. The number of hydrogen-bond donors (Lipinski definition) is 1. The lowest BCUT2D eigenvalue weighted by Gasteiger charge is -2.37. The van der Waals surface area contributed by atoms with Gasteiger partial charge >= 0.3 is 5.97 Å². The van der Waals surface area contributed by atoms with Crippen LogP contribution in [0.2, 0.25) is 0 Å². The van der Waals surface area contributed by atoms with Gasteiger partial charge in [-0.2, -0.15) is 0 Å². The quantitative estimate of drug-likeness (QED) is 0.769. The largest absolute Gasteiger partial charge is 0.468 e. The van der Waals surface area contributed by atoms with Gasteiger partial charge in [-0.1, -0.05) is 0 Å². The standard InChI is InChI=1S/C15H29N3O2/c1-17(2)11-12-5-8-18(9-6-12)13-4-7-15(16,10-13)14(19)20-3/h12-13H,4-11,16H2,1-3H3. The Morgan fingerprint density at radius 2 is 2.00 bits per heavy atom. The van der Waals surface area contributed by atoms with Crippen LogP contribution in [0.4, 0.5) is 0 Å². The summed E-state index contributed by atoms with van der Waals surface area (Å²) in [7, 11) is 5.71. The van der Waals surface area contributed by atoms with Crippen molar-refractivity contribution in [2.45, 2.75) is 43.7 Å². The zero-order valence-corrected chi connectivity index (χ0v) is 13.1. The van der Waals surface area contributed by atoms with Gasteiger partial charge in [0.2, 0.25) is 0 Å². The molecule has 20 heavy (non-hydrogen) atoms. The molecule has 1 saturated carbocycles. The number of piperidine rings is 1. The molecule has 0 amide bonds. The number of carbonyl (C=O) groups is 1. The fourth-order valence-electron chi connectivity index (χ4n) is 3.77. The second-order valence-electron chi connectivity index (χ2n) is 6.79. The van der Waals surface area contributed by atoms with Crippen LogP contribution in [-0.2, 0) is 9.53 Å². The smallest absolute Gasteiger partial charge is 0.325 e. The Hall–Kier alpha value is -0.650. The monoisotopic (exact) mass is 283 g/mol. The van der Waals surface area contributed by atoms with Crippen molar-refractivity contribution in [3.05, 3.63) is 0 Å². The zero-order valence-electron chi connectivity index (χ0n) is 13.1. The van der Waals surface area contributed by atoms with E-state index < -0.39 is 5.54 Å². The van der Waals surface area contributed by atoms with E-state index in [4.69, 9.17) is 10.5 Å². The Kier molecular flexibility index (Phi) is 5.04. The third kappa shape index (κ3) is 3.51. The third-order valence-corrected chi connectivity index (χ3v) is 4.90. The SMILES string of the molecule is COC(=O)C1(N)CCC(N2CCC(CN(C)C)CC2)C1. The van der Waals surface area contributed by atoms with E-state index in [1.54, 1.807) is 0 Å². The van der Waals surface area contributed by atoms with Crippen molar-refractivity contribution in [3.63, 3.8) is 0 Å². The lowest BCUT2D eigenvalue weighted by molar-refractivity contribution is -0.147. The molecule has 0 aromatic heterocycles. The fraction of sp³-hybridized carbons (Fsp3) is 0.933. The minimum atomic E-state index is -0.750. The molecular formula is C15H29N3O2. The molecule has 2 unspecified atom stereocenters. The van der Waals surface area contributed by atoms with E-state index in [-0.39, 0.29) is 5.97 Å². The number of nitrogens with zero attached hydrogens (tertiary/aromatic N) is 2. The number of rotatable bonds is 4. The van der Waals surface area contributed by atoms with Crippen LogP contribution in [0.5, 0.6) is 0 Å². The maximum Gasteiger partial charge on any atom is 0.325 e. The van der Waals surface area contributed by atoms with Gasteiger partial charge < -0.3 is 20.3 Å². The minimum Gasteiger partial charge on any atom is -0.468 e. The van der Waals surface area contributed by atoms with Gasteiger partial charge in [0.25, 0.3) is 0 Å². The van der Waals surface area contributed by atoms with Crippen molar-refractivity contribution >= 4 is 5.97 Å². The second kappa shape index (κ2) is 6.41. The molecule has 1 saturated heterocycles. The Morgan fingerprint density at radius 1 is 1.35 bits per heavy atom. The highest BCUT2D eigenvalue weighted by Gasteiger charge is 2.45. The van der Waals surface area contributed by atoms with Gasteiger partial charge in [-0.3, -0.25) is 4.79 Å². The molecule has 1 heterocycles. The van der Waals surface area contributed by atoms with Crippen molar-refractivity contribution < 1.29 is 9.53 Å². The number of esters is 1. The summed E-state index contributed by atoms with van der Waals surface area (Å²) in [5, 5.41) is 0. The summed E-state index contributed by atoms with van der Waals surface area (Å²) in [6, 6.07) is 0.458. The van der Waals surface area contributed by atoms with Gasteiger partial charge in [0.05, 0.1) is 7.11 Å². The van der Waals surface area contributed by atoms with E-state index in [2.05, 4.69) is 23.9 Å². The molecule has 2 atom stereocenters. The van der Waals surface area contributed by atoms with E-state index in [0.29, 0.717) is 6.04 Å². The van der Waals surface area contributed by atoms with Gasteiger partial charge in [-0.25, -0.2) is 0 Å². The molecule has 0 spiro atoms. The third-order valence-electron chi connectivity index (χ3n) is 4.90. The number of hydrogen-bond acceptors (Lipinski definition) is 5. The maximum absolute atomic E-state index is 11.8. The average molecular weight is 283 g/mol. The molecule has 2 rings (SSSR count). The Bertz CT molecular complexity index is 340. The van der Waals surface area contributed by atoms with Gasteiger partial charge in [-0.05, 0) is 65.2 Å². The summed E-state index contributed by atoms with van der Waals surface area (Å²) in [6.07, 6.45) is 5.03. The first kappa shape index (κ1) is 15.7. The first-order valence-electron chi connectivity index (χ1n) is 7.70. The molecule has 0 bridgehead atoms. The van der Waals surface area contributed by atoms with Crippen LogP contribution in [0.1, 0.15) is 32.1 Å². The van der Waals surface area contributed by atoms with Crippen molar-refractivity contribution in [2.75, 3.05) is 40.8 Å². The molecule has 2 N–H and O–H groups in total. The van der Waals surface area contributed by atoms with E-state index in [1.807, 2.05) is 0 Å². The molecule has 1 aliphatic heterocycles. The summed E-state index contributed by atoms with van der Waals surface area (Å²) in [5.41, 5.74) is 5.45. The van der Waals surface area contributed by atoms with Crippen LogP contribution in [0.15, 0.2) is 0 Å². The van der Waals surface area contributed by atoms with Crippen LogP contribution in [0.3, 0.4) is 0 Å². The zero-order chi connectivity index (χ0) is 14.8. The molecule has 0 radical (unpaired) electrons. The maximum atomic E-state index is 11.8. The molecule has 5 heteroatoms. The first-order valence-corrected chi connectivity index (χ1v) is 7.70. The summed E-state index contributed by atoms with van der Waals surface area (Å²) in [6.45, 7) is 3.46. The topological polar surface area (TPSA) is 58.8 Å². The number of carbonyl (C=O) groups excluding carboxylic acids is 1. The predicted molar refractivity (Wildman–Crippen MR) is 79.4 cm³/mol. The van der Waals surface area contributed by atoms with Crippen LogP contribution in [-0.4, -0.2) is 68.2 Å². The number of ether oxygens (including phenoxy) is 1. The number of likely N-dealkylation sites (tertiary alicyclic amines) is 1. The Morgan fingerprint density at radius 3 is 2.55 bits per heavy atom. The minimum absolute atomic E-state index is 0.248. The molecular weight excluding hydrogens is 254 g/mol. The Labute approximate surface area is 122 Å². The van der Waals surface area contributed by atoms with Gasteiger partial charge in [0, 0.05) is 12.6 Å². The van der Waals surface area contributed by atoms with Crippen molar-refractivity contribution in [1.29, 1.82) is 0 Å². The highest BCUT2D eigenvalue weighted by molar-refractivity contribution is 5.81. The van der Waals surface area contributed by atoms with Gasteiger partial charge in [0.1, 0.15) is 5.54 Å². The van der Waals surface area contributed by atoms with E-state index in [9.17, 15) is 4.79 Å². The van der Waals surface area contributed by atoms with Crippen LogP contribution < -0.4 is 5.73 Å². The summed E-state index contributed by atoms with van der Waals surface area (Å²) in [4.78, 5) is 16.6. The molecule has 0 aromatic carbocycles. The molecule has 2 aliphatic rings. The predicted octanol–water partition coefficient (Wildman–Crippen LogP) is 0.683. The van der Waals surface area contributed by atoms with Gasteiger partial charge in [-0.15, -0.1) is 0 Å². The molecule has 1 aliphatic carbocycles. The summed E-state index contributed by atoms with van der Waals surface area (Å²) in [5.74, 6) is 0.563. The van der Waals surface area contributed by atoms with E-state index >= 15 is 0 Å².